The van der Waals surface area contributed by atoms with E-state index in [1.54, 1.807) is 25.7 Å². The molecule has 118 valence electrons. The molecule has 0 saturated heterocycles. The first-order chi connectivity index (χ1) is 9.01. The van der Waals surface area contributed by atoms with Crippen LogP contribution in [0.1, 0.15) is 48.5 Å². The minimum Gasteiger partial charge on any atom is -0.444 e. The third-order valence-electron chi connectivity index (χ3n) is 2.31. The van der Waals surface area contributed by atoms with E-state index in [0.717, 1.165) is 0 Å². The standard InChI is InChI=1S/C15H30N2O3/c1-11(2)9-17(10-12(3)4)13(18)8-16-14(19)20-15(5,6)7/h11-12H,8-10H2,1-7H3,(H,16,19). The average molecular weight is 286 g/mol. The van der Waals surface area contributed by atoms with E-state index in [-0.39, 0.29) is 12.5 Å². The van der Waals surface area contributed by atoms with Crippen molar-refractivity contribution >= 4 is 12.0 Å². The lowest BCUT2D eigenvalue weighted by atomic mass is 10.1. The zero-order chi connectivity index (χ0) is 15.9. The van der Waals surface area contributed by atoms with Gasteiger partial charge >= 0.3 is 6.09 Å². The van der Waals surface area contributed by atoms with Gasteiger partial charge in [-0.1, -0.05) is 27.7 Å². The fourth-order valence-corrected chi connectivity index (χ4v) is 1.73. The second-order valence-electron chi connectivity index (χ2n) is 6.94. The summed E-state index contributed by atoms with van der Waals surface area (Å²) in [5, 5.41) is 2.51. The van der Waals surface area contributed by atoms with Crippen LogP contribution in [0, 0.1) is 11.8 Å². The van der Waals surface area contributed by atoms with E-state index in [4.69, 9.17) is 4.74 Å². The number of hydrogen-bond acceptors (Lipinski definition) is 3. The summed E-state index contributed by atoms with van der Waals surface area (Å²) in [7, 11) is 0. The van der Waals surface area contributed by atoms with Gasteiger partial charge in [0.15, 0.2) is 0 Å². The second kappa shape index (κ2) is 8.12. The molecule has 0 atom stereocenters. The molecular formula is C15H30N2O3. The zero-order valence-corrected chi connectivity index (χ0v) is 13.9. The molecule has 5 nitrogen and oxygen atoms in total. The van der Waals surface area contributed by atoms with Gasteiger partial charge in [-0.15, -0.1) is 0 Å². The van der Waals surface area contributed by atoms with E-state index in [0.29, 0.717) is 24.9 Å². The van der Waals surface area contributed by atoms with Crippen LogP contribution in [-0.4, -0.2) is 42.1 Å². The number of carbonyl (C=O) groups excluding carboxylic acids is 2. The van der Waals surface area contributed by atoms with Gasteiger partial charge < -0.3 is 15.0 Å². The first kappa shape index (κ1) is 18.7. The van der Waals surface area contributed by atoms with Crippen molar-refractivity contribution in [1.29, 1.82) is 0 Å². The Bertz CT molecular complexity index is 310. The minimum atomic E-state index is -0.556. The molecule has 1 N–H and O–H groups in total. The molecule has 0 radical (unpaired) electrons. The Morgan fingerprint density at radius 1 is 1.05 bits per heavy atom. The van der Waals surface area contributed by atoms with Crippen molar-refractivity contribution in [3.63, 3.8) is 0 Å². The fraction of sp³-hybridized carbons (Fsp3) is 0.867. The maximum Gasteiger partial charge on any atom is 0.408 e. The molecule has 0 spiro atoms. The predicted molar refractivity (Wildman–Crippen MR) is 80.5 cm³/mol. The molecular weight excluding hydrogens is 256 g/mol. The van der Waals surface area contributed by atoms with Crippen LogP contribution in [-0.2, 0) is 9.53 Å². The highest BCUT2D eigenvalue weighted by Crippen LogP contribution is 2.07. The molecule has 0 saturated carbocycles. The highest BCUT2D eigenvalue weighted by molar-refractivity contribution is 5.82. The van der Waals surface area contributed by atoms with E-state index >= 15 is 0 Å². The van der Waals surface area contributed by atoms with Crippen molar-refractivity contribution < 1.29 is 14.3 Å². The third kappa shape index (κ3) is 9.64. The molecule has 20 heavy (non-hydrogen) atoms. The summed E-state index contributed by atoms with van der Waals surface area (Å²) in [4.78, 5) is 25.5. The van der Waals surface area contributed by atoms with Crippen LogP contribution in [0.4, 0.5) is 4.79 Å². The molecule has 0 rings (SSSR count). The monoisotopic (exact) mass is 286 g/mol. The van der Waals surface area contributed by atoms with Gasteiger partial charge in [0.25, 0.3) is 0 Å². The highest BCUT2D eigenvalue weighted by Gasteiger charge is 2.19. The van der Waals surface area contributed by atoms with Crippen LogP contribution in [0.3, 0.4) is 0 Å². The average Bonchev–Trinajstić information content (AvgIpc) is 2.21. The molecule has 5 heteroatoms. The summed E-state index contributed by atoms with van der Waals surface area (Å²) < 4.78 is 5.11. The van der Waals surface area contributed by atoms with E-state index in [2.05, 4.69) is 33.0 Å². The maximum absolute atomic E-state index is 12.1. The predicted octanol–water partition coefficient (Wildman–Crippen LogP) is 2.65. The van der Waals surface area contributed by atoms with Crippen LogP contribution in [0.2, 0.25) is 0 Å². The minimum absolute atomic E-state index is 0.0195. The Labute approximate surface area is 123 Å². The number of hydrogen-bond donors (Lipinski definition) is 1. The van der Waals surface area contributed by atoms with E-state index in [1.165, 1.54) is 0 Å². The fourth-order valence-electron chi connectivity index (χ4n) is 1.73. The molecule has 0 bridgehead atoms. The number of nitrogens with zero attached hydrogens (tertiary/aromatic N) is 1. The number of carbonyl (C=O) groups is 2. The number of alkyl carbamates (subject to hydrolysis) is 1. The lowest BCUT2D eigenvalue weighted by molar-refractivity contribution is -0.131. The number of rotatable bonds is 6. The first-order valence-electron chi connectivity index (χ1n) is 7.26. The lowest BCUT2D eigenvalue weighted by Crippen LogP contribution is -2.44. The van der Waals surface area contributed by atoms with Crippen LogP contribution in [0.25, 0.3) is 0 Å². The molecule has 0 aliphatic carbocycles. The Hall–Kier alpha value is -1.26. The molecule has 0 heterocycles. The summed E-state index contributed by atoms with van der Waals surface area (Å²) >= 11 is 0. The van der Waals surface area contributed by atoms with Crippen molar-refractivity contribution in [3.8, 4) is 0 Å². The first-order valence-corrected chi connectivity index (χ1v) is 7.26. The third-order valence-corrected chi connectivity index (χ3v) is 2.31. The Morgan fingerprint density at radius 2 is 1.50 bits per heavy atom. The van der Waals surface area contributed by atoms with Crippen molar-refractivity contribution in [1.82, 2.24) is 10.2 Å². The molecule has 0 aromatic heterocycles. The second-order valence-corrected chi connectivity index (χ2v) is 6.94. The van der Waals surface area contributed by atoms with Crippen LogP contribution >= 0.6 is 0 Å². The highest BCUT2D eigenvalue weighted by atomic mass is 16.6. The normalized spacial score (nSPS) is 11.7. The maximum atomic E-state index is 12.1. The summed E-state index contributed by atoms with van der Waals surface area (Å²) in [5.74, 6) is 0.733. The number of amides is 2. The van der Waals surface area contributed by atoms with Crippen LogP contribution in [0.15, 0.2) is 0 Å². The summed E-state index contributed by atoms with van der Waals surface area (Å²) in [6.07, 6.45) is -0.556. The molecule has 0 aromatic rings. The molecule has 0 unspecified atom stereocenters. The summed E-state index contributed by atoms with van der Waals surface area (Å²) in [6.45, 7) is 15.0. The Balaban J connectivity index is 4.35. The van der Waals surface area contributed by atoms with Gasteiger partial charge in [0, 0.05) is 13.1 Å². The van der Waals surface area contributed by atoms with Gasteiger partial charge in [-0.05, 0) is 32.6 Å². The molecule has 0 fully saturated rings. The van der Waals surface area contributed by atoms with Crippen LogP contribution < -0.4 is 5.32 Å². The quantitative estimate of drug-likeness (QED) is 0.816. The zero-order valence-electron chi connectivity index (χ0n) is 13.9. The summed E-state index contributed by atoms with van der Waals surface area (Å²) in [6, 6.07) is 0. The SMILES string of the molecule is CC(C)CN(CC(C)C)C(=O)CNC(=O)OC(C)(C)C. The van der Waals surface area contributed by atoms with Gasteiger partial charge in [0.2, 0.25) is 5.91 Å². The Morgan fingerprint density at radius 3 is 1.85 bits per heavy atom. The van der Waals surface area contributed by atoms with E-state index in [1.807, 2.05) is 0 Å². The smallest absolute Gasteiger partial charge is 0.408 e. The van der Waals surface area contributed by atoms with Gasteiger partial charge in [-0.3, -0.25) is 4.79 Å². The van der Waals surface area contributed by atoms with E-state index in [9.17, 15) is 9.59 Å². The topological polar surface area (TPSA) is 58.6 Å². The van der Waals surface area contributed by atoms with Crippen molar-refractivity contribution in [2.75, 3.05) is 19.6 Å². The Kier molecular flexibility index (Phi) is 7.61. The van der Waals surface area contributed by atoms with Gasteiger partial charge in [0.05, 0.1) is 0 Å². The van der Waals surface area contributed by atoms with Crippen molar-refractivity contribution in [2.45, 2.75) is 54.1 Å². The summed E-state index contributed by atoms with van der Waals surface area (Å²) in [5.41, 5.74) is -0.553. The largest absolute Gasteiger partial charge is 0.444 e. The van der Waals surface area contributed by atoms with Gasteiger partial charge in [0.1, 0.15) is 12.1 Å². The van der Waals surface area contributed by atoms with Crippen LogP contribution in [0.5, 0.6) is 0 Å². The van der Waals surface area contributed by atoms with Crippen molar-refractivity contribution in [3.05, 3.63) is 0 Å². The number of ether oxygens (including phenoxy) is 1. The van der Waals surface area contributed by atoms with Gasteiger partial charge in [-0.25, -0.2) is 4.79 Å². The lowest BCUT2D eigenvalue weighted by Gasteiger charge is -2.27. The molecule has 2 amide bonds. The van der Waals surface area contributed by atoms with Gasteiger partial charge in [-0.2, -0.15) is 0 Å². The van der Waals surface area contributed by atoms with E-state index < -0.39 is 11.7 Å². The number of nitrogens with one attached hydrogen (secondary N) is 1. The molecule has 0 aromatic carbocycles. The molecule has 0 aliphatic heterocycles. The molecule has 0 aliphatic rings. The van der Waals surface area contributed by atoms with Crippen molar-refractivity contribution in [2.24, 2.45) is 11.8 Å².